The first-order chi connectivity index (χ1) is 9.63. The van der Waals surface area contributed by atoms with Crippen molar-refractivity contribution in [3.05, 3.63) is 35.4 Å². The Balaban J connectivity index is 2.37. The highest BCUT2D eigenvalue weighted by atomic mass is 15.0. The Morgan fingerprint density at radius 3 is 2.40 bits per heavy atom. The smallest absolute Gasteiger partial charge is 0.0230 e. The lowest BCUT2D eigenvalue weighted by atomic mass is 10.1. The van der Waals surface area contributed by atoms with Gasteiger partial charge in [0.25, 0.3) is 0 Å². The highest BCUT2D eigenvalue weighted by Gasteiger charge is 2.05. The first kappa shape index (κ1) is 17.2. The van der Waals surface area contributed by atoms with Crippen molar-refractivity contribution in [1.82, 2.24) is 10.2 Å². The molecule has 114 valence electrons. The lowest BCUT2D eigenvalue weighted by Gasteiger charge is -2.17. The summed E-state index contributed by atoms with van der Waals surface area (Å²) < 4.78 is 0. The first-order valence-corrected chi connectivity index (χ1v) is 8.08. The Labute approximate surface area is 125 Å². The monoisotopic (exact) mass is 276 g/mol. The van der Waals surface area contributed by atoms with Crippen LogP contribution in [0.1, 0.15) is 57.1 Å². The zero-order chi connectivity index (χ0) is 14.8. The van der Waals surface area contributed by atoms with Crippen LogP contribution in [-0.4, -0.2) is 25.0 Å². The fourth-order valence-electron chi connectivity index (χ4n) is 2.49. The minimum absolute atomic E-state index is 0.610. The molecule has 0 spiro atoms. The van der Waals surface area contributed by atoms with Gasteiger partial charge < -0.3 is 10.2 Å². The second-order valence-electron chi connectivity index (χ2n) is 6.14. The zero-order valence-corrected chi connectivity index (χ0v) is 13.8. The third-order valence-electron chi connectivity index (χ3n) is 3.74. The molecule has 1 unspecified atom stereocenters. The molecule has 0 aliphatic rings. The number of hydrogen-bond acceptors (Lipinski definition) is 2. The lowest BCUT2D eigenvalue weighted by Crippen LogP contribution is -2.26. The highest BCUT2D eigenvalue weighted by Crippen LogP contribution is 2.11. The van der Waals surface area contributed by atoms with Gasteiger partial charge >= 0.3 is 0 Å². The summed E-state index contributed by atoms with van der Waals surface area (Å²) in [6.45, 7) is 6.57. The van der Waals surface area contributed by atoms with Crippen molar-refractivity contribution >= 4 is 0 Å². The predicted molar refractivity (Wildman–Crippen MR) is 88.9 cm³/mol. The molecule has 2 nitrogen and oxygen atoms in total. The van der Waals surface area contributed by atoms with Gasteiger partial charge in [-0.3, -0.25) is 0 Å². The van der Waals surface area contributed by atoms with Gasteiger partial charge in [0.1, 0.15) is 0 Å². The molecule has 2 heteroatoms. The van der Waals surface area contributed by atoms with Crippen molar-refractivity contribution in [2.75, 3.05) is 14.1 Å². The molecule has 0 aliphatic carbocycles. The molecular formula is C18H32N2. The van der Waals surface area contributed by atoms with E-state index in [1.807, 2.05) is 0 Å². The molecule has 1 aromatic carbocycles. The van der Waals surface area contributed by atoms with E-state index in [9.17, 15) is 0 Å². The van der Waals surface area contributed by atoms with Gasteiger partial charge in [-0.2, -0.15) is 0 Å². The Morgan fingerprint density at radius 1 is 1.05 bits per heavy atom. The van der Waals surface area contributed by atoms with Gasteiger partial charge in [0.15, 0.2) is 0 Å². The topological polar surface area (TPSA) is 15.3 Å². The molecule has 1 rings (SSSR count). The molecule has 0 amide bonds. The van der Waals surface area contributed by atoms with Gasteiger partial charge in [0.05, 0.1) is 0 Å². The average Bonchev–Trinajstić information content (AvgIpc) is 2.42. The maximum atomic E-state index is 3.67. The van der Waals surface area contributed by atoms with Crippen LogP contribution < -0.4 is 5.32 Å². The minimum Gasteiger partial charge on any atom is -0.310 e. The van der Waals surface area contributed by atoms with Crippen LogP contribution >= 0.6 is 0 Å². The predicted octanol–water partition coefficient (Wildman–Crippen LogP) is 4.20. The molecule has 0 radical (unpaired) electrons. The van der Waals surface area contributed by atoms with Crippen LogP contribution in [0, 0.1) is 0 Å². The molecule has 0 saturated carbocycles. The standard InChI is InChI=1S/C18H32N2/c1-5-6-7-8-11-16(2)19-14-17-12-9-10-13-18(17)15-20(3)4/h9-10,12-13,16,19H,5-8,11,14-15H2,1-4H3. The Kier molecular flexibility index (Phi) is 8.56. The second kappa shape index (κ2) is 9.95. The van der Waals surface area contributed by atoms with E-state index >= 15 is 0 Å². The van der Waals surface area contributed by atoms with Gasteiger partial charge in [-0.05, 0) is 38.6 Å². The minimum atomic E-state index is 0.610. The maximum Gasteiger partial charge on any atom is 0.0230 e. The van der Waals surface area contributed by atoms with E-state index in [1.165, 1.54) is 43.2 Å². The average molecular weight is 276 g/mol. The summed E-state index contributed by atoms with van der Waals surface area (Å²) in [5, 5.41) is 3.67. The van der Waals surface area contributed by atoms with Crippen molar-refractivity contribution in [2.24, 2.45) is 0 Å². The highest BCUT2D eigenvalue weighted by molar-refractivity contribution is 5.26. The van der Waals surface area contributed by atoms with Gasteiger partial charge in [-0.1, -0.05) is 56.9 Å². The SMILES string of the molecule is CCCCCCC(C)NCc1ccccc1CN(C)C. The molecule has 0 fully saturated rings. The number of nitrogens with zero attached hydrogens (tertiary/aromatic N) is 1. The van der Waals surface area contributed by atoms with Crippen LogP contribution in [-0.2, 0) is 13.1 Å². The summed E-state index contributed by atoms with van der Waals surface area (Å²) >= 11 is 0. The van der Waals surface area contributed by atoms with Crippen molar-refractivity contribution < 1.29 is 0 Å². The van der Waals surface area contributed by atoms with Crippen LogP contribution in [0.15, 0.2) is 24.3 Å². The molecule has 1 N–H and O–H groups in total. The first-order valence-electron chi connectivity index (χ1n) is 8.08. The Hall–Kier alpha value is -0.860. The number of benzene rings is 1. The van der Waals surface area contributed by atoms with Crippen LogP contribution in [0.2, 0.25) is 0 Å². The lowest BCUT2D eigenvalue weighted by molar-refractivity contribution is 0.399. The summed E-state index contributed by atoms with van der Waals surface area (Å²) in [5.41, 5.74) is 2.87. The van der Waals surface area contributed by atoms with Gasteiger partial charge in [-0.25, -0.2) is 0 Å². The third kappa shape index (κ3) is 7.06. The summed E-state index contributed by atoms with van der Waals surface area (Å²) in [6.07, 6.45) is 6.70. The van der Waals surface area contributed by atoms with Crippen LogP contribution in [0.3, 0.4) is 0 Å². The van der Waals surface area contributed by atoms with E-state index in [1.54, 1.807) is 0 Å². The molecule has 0 bridgehead atoms. The normalized spacial score (nSPS) is 12.8. The van der Waals surface area contributed by atoms with Crippen molar-refractivity contribution in [2.45, 2.75) is 65.1 Å². The Morgan fingerprint density at radius 2 is 1.75 bits per heavy atom. The molecule has 0 aliphatic heterocycles. The van der Waals surface area contributed by atoms with Gasteiger partial charge in [-0.15, -0.1) is 0 Å². The molecule has 0 heterocycles. The second-order valence-corrected chi connectivity index (χ2v) is 6.14. The molecule has 0 saturated heterocycles. The number of unbranched alkanes of at least 4 members (excludes halogenated alkanes) is 3. The van der Waals surface area contributed by atoms with Crippen LogP contribution in [0.5, 0.6) is 0 Å². The van der Waals surface area contributed by atoms with E-state index in [2.05, 4.69) is 62.4 Å². The summed E-state index contributed by atoms with van der Waals surface area (Å²) in [4.78, 5) is 2.23. The molecular weight excluding hydrogens is 244 g/mol. The molecule has 20 heavy (non-hydrogen) atoms. The molecule has 0 aromatic heterocycles. The van der Waals surface area contributed by atoms with E-state index in [0.29, 0.717) is 6.04 Å². The van der Waals surface area contributed by atoms with Gasteiger partial charge in [0, 0.05) is 19.1 Å². The summed E-state index contributed by atoms with van der Waals surface area (Å²) in [7, 11) is 4.25. The number of rotatable bonds is 10. The molecule has 1 aromatic rings. The maximum absolute atomic E-state index is 3.67. The zero-order valence-electron chi connectivity index (χ0n) is 13.8. The fraction of sp³-hybridized carbons (Fsp3) is 0.667. The van der Waals surface area contributed by atoms with E-state index in [-0.39, 0.29) is 0 Å². The van der Waals surface area contributed by atoms with Crippen molar-refractivity contribution in [1.29, 1.82) is 0 Å². The van der Waals surface area contributed by atoms with E-state index in [4.69, 9.17) is 0 Å². The number of hydrogen-bond donors (Lipinski definition) is 1. The van der Waals surface area contributed by atoms with Crippen LogP contribution in [0.4, 0.5) is 0 Å². The van der Waals surface area contributed by atoms with Crippen LogP contribution in [0.25, 0.3) is 0 Å². The number of nitrogens with one attached hydrogen (secondary N) is 1. The van der Waals surface area contributed by atoms with Crippen molar-refractivity contribution in [3.63, 3.8) is 0 Å². The van der Waals surface area contributed by atoms with E-state index < -0.39 is 0 Å². The fourth-order valence-corrected chi connectivity index (χ4v) is 2.49. The largest absolute Gasteiger partial charge is 0.310 e. The molecule has 1 atom stereocenters. The summed E-state index contributed by atoms with van der Waals surface area (Å²) in [6, 6.07) is 9.37. The Bertz CT molecular complexity index is 360. The van der Waals surface area contributed by atoms with Gasteiger partial charge in [0.2, 0.25) is 0 Å². The summed E-state index contributed by atoms with van der Waals surface area (Å²) in [5.74, 6) is 0. The quantitative estimate of drug-likeness (QED) is 0.644. The third-order valence-corrected chi connectivity index (χ3v) is 3.74. The van der Waals surface area contributed by atoms with Crippen molar-refractivity contribution in [3.8, 4) is 0 Å². The van der Waals surface area contributed by atoms with E-state index in [0.717, 1.165) is 13.1 Å².